The topological polar surface area (TPSA) is 61.4 Å². The maximum atomic E-state index is 12.5. The minimum atomic E-state index is -0.999. The van der Waals surface area contributed by atoms with Crippen molar-refractivity contribution in [3.05, 3.63) is 101 Å². The minimum absolute atomic E-state index is 0.107. The van der Waals surface area contributed by atoms with E-state index < -0.39 is 11.5 Å². The van der Waals surface area contributed by atoms with E-state index in [2.05, 4.69) is 53.1 Å². The molecule has 5 rings (SSSR count). The number of carboxylic acid groups (broad SMARTS) is 1. The zero-order valence-electron chi connectivity index (χ0n) is 19.1. The molecule has 0 aromatic heterocycles. The third-order valence-electron chi connectivity index (χ3n) is 7.49. The van der Waals surface area contributed by atoms with Crippen molar-refractivity contribution in [3.8, 4) is 0 Å². The minimum Gasteiger partial charge on any atom is -0.480 e. The van der Waals surface area contributed by atoms with Gasteiger partial charge in [-0.15, -0.1) is 0 Å². The third-order valence-corrected chi connectivity index (χ3v) is 7.73. The molecule has 0 atom stereocenters. The Balaban J connectivity index is 1.37. The molecule has 3 N–H and O–H groups in total. The highest BCUT2D eigenvalue weighted by molar-refractivity contribution is 6.30. The number of anilines is 2. The third kappa shape index (κ3) is 4.19. The Kier molecular flexibility index (Phi) is 6.09. The van der Waals surface area contributed by atoms with Gasteiger partial charge in [-0.3, -0.25) is 0 Å². The van der Waals surface area contributed by atoms with Gasteiger partial charge in [-0.1, -0.05) is 71.8 Å². The van der Waals surface area contributed by atoms with Gasteiger partial charge in [-0.05, 0) is 73.6 Å². The lowest BCUT2D eigenvalue weighted by molar-refractivity contribution is -0.143. The van der Waals surface area contributed by atoms with Crippen LogP contribution in [0.15, 0.2) is 84.4 Å². The first-order valence-corrected chi connectivity index (χ1v) is 12.3. The Labute approximate surface area is 205 Å². The van der Waals surface area contributed by atoms with Crippen LogP contribution in [0.4, 0.5) is 11.4 Å². The van der Waals surface area contributed by atoms with Crippen LogP contribution in [0.25, 0.3) is 6.08 Å². The average molecular weight is 473 g/mol. The summed E-state index contributed by atoms with van der Waals surface area (Å²) in [5.74, 6) is -0.801. The van der Waals surface area contributed by atoms with Crippen LogP contribution in [0.1, 0.15) is 43.2 Å². The molecule has 1 fully saturated rings. The highest BCUT2D eigenvalue weighted by atomic mass is 35.5. The van der Waals surface area contributed by atoms with Crippen molar-refractivity contribution in [2.24, 2.45) is 0 Å². The van der Waals surface area contributed by atoms with Crippen molar-refractivity contribution in [2.75, 3.05) is 17.2 Å². The van der Waals surface area contributed by atoms with Crippen molar-refractivity contribution in [1.29, 1.82) is 0 Å². The van der Waals surface area contributed by atoms with Gasteiger partial charge >= 0.3 is 5.97 Å². The van der Waals surface area contributed by atoms with E-state index in [9.17, 15) is 9.90 Å². The van der Waals surface area contributed by atoms with Crippen molar-refractivity contribution >= 4 is 35.0 Å². The monoisotopic (exact) mass is 472 g/mol. The largest absolute Gasteiger partial charge is 0.480 e. The molecule has 174 valence electrons. The quantitative estimate of drug-likeness (QED) is 0.347. The molecule has 1 saturated carbocycles. The van der Waals surface area contributed by atoms with E-state index in [1.807, 2.05) is 30.3 Å². The molecule has 3 aromatic rings. The van der Waals surface area contributed by atoms with Crippen LogP contribution in [0.2, 0.25) is 5.02 Å². The first kappa shape index (κ1) is 22.5. The van der Waals surface area contributed by atoms with Gasteiger partial charge in [0.15, 0.2) is 0 Å². The summed E-state index contributed by atoms with van der Waals surface area (Å²) < 4.78 is 0. The number of para-hydroxylation sites is 1. The Bertz CT molecular complexity index is 1210. The molecule has 5 heteroatoms. The molecule has 2 aliphatic rings. The number of carbonyl (C=O) groups is 1. The normalized spacial score (nSPS) is 23.3. The Morgan fingerprint density at radius 1 is 0.882 bits per heavy atom. The molecule has 0 heterocycles. The van der Waals surface area contributed by atoms with Gasteiger partial charge in [0.2, 0.25) is 0 Å². The zero-order valence-corrected chi connectivity index (χ0v) is 19.8. The predicted molar refractivity (Wildman–Crippen MR) is 140 cm³/mol. The van der Waals surface area contributed by atoms with Crippen molar-refractivity contribution < 1.29 is 9.90 Å². The molecule has 0 saturated heterocycles. The van der Waals surface area contributed by atoms with Crippen LogP contribution >= 0.6 is 11.6 Å². The van der Waals surface area contributed by atoms with Crippen LogP contribution in [0.5, 0.6) is 0 Å². The summed E-state index contributed by atoms with van der Waals surface area (Å²) in [6.45, 7) is 0.844. The number of hydrogen-bond acceptors (Lipinski definition) is 3. The number of nitrogens with one attached hydrogen (secondary N) is 2. The lowest BCUT2D eigenvalue weighted by Crippen LogP contribution is -2.52. The number of fused-ring (bicyclic) bond motifs is 2. The van der Waals surface area contributed by atoms with Crippen molar-refractivity contribution in [1.82, 2.24) is 0 Å². The standard InChI is InChI=1S/C29H29ClN2O2/c30-23-8-6-11-25(20-23)32-29(27(33)34)16-14-28(15-17-29)22(19-21-7-4-5-12-26(21)28)13-18-31-24-9-2-1-3-10-24/h1-12,19-20,31-32H,13-18H2,(H,33,34). The summed E-state index contributed by atoms with van der Waals surface area (Å²) in [4.78, 5) is 12.5. The summed E-state index contributed by atoms with van der Waals surface area (Å²) in [6.07, 6.45) is 5.94. The summed E-state index contributed by atoms with van der Waals surface area (Å²) in [7, 11) is 0. The van der Waals surface area contributed by atoms with Crippen LogP contribution in [-0.4, -0.2) is 23.2 Å². The molecule has 0 aliphatic heterocycles. The predicted octanol–water partition coefficient (Wildman–Crippen LogP) is 6.99. The zero-order chi connectivity index (χ0) is 23.6. The fourth-order valence-electron chi connectivity index (χ4n) is 5.70. The molecule has 0 radical (unpaired) electrons. The van der Waals surface area contributed by atoms with Crippen molar-refractivity contribution in [3.63, 3.8) is 0 Å². The lowest BCUT2D eigenvalue weighted by Gasteiger charge is -2.45. The fourth-order valence-corrected chi connectivity index (χ4v) is 5.89. The van der Waals surface area contributed by atoms with E-state index in [-0.39, 0.29) is 5.41 Å². The van der Waals surface area contributed by atoms with Crippen LogP contribution in [0.3, 0.4) is 0 Å². The number of benzene rings is 3. The van der Waals surface area contributed by atoms with E-state index in [0.717, 1.165) is 37.2 Å². The number of rotatable bonds is 7. The van der Waals surface area contributed by atoms with E-state index in [0.29, 0.717) is 17.9 Å². The molecule has 2 aliphatic carbocycles. The summed E-state index contributed by atoms with van der Waals surface area (Å²) >= 11 is 6.15. The first-order chi connectivity index (χ1) is 16.5. The second kappa shape index (κ2) is 9.19. The molecule has 1 spiro atoms. The second-order valence-corrected chi connectivity index (χ2v) is 9.84. The number of halogens is 1. The average Bonchev–Trinajstić information content (AvgIpc) is 3.14. The summed E-state index contributed by atoms with van der Waals surface area (Å²) in [5, 5.41) is 17.7. The van der Waals surface area contributed by atoms with Gasteiger partial charge in [-0.25, -0.2) is 4.79 Å². The Morgan fingerprint density at radius 3 is 2.32 bits per heavy atom. The van der Waals surface area contributed by atoms with Gasteiger partial charge in [-0.2, -0.15) is 0 Å². The van der Waals surface area contributed by atoms with E-state index in [1.54, 1.807) is 12.1 Å². The maximum absolute atomic E-state index is 12.5. The molecular weight excluding hydrogens is 444 g/mol. The Morgan fingerprint density at radius 2 is 1.59 bits per heavy atom. The molecular formula is C29H29ClN2O2. The maximum Gasteiger partial charge on any atom is 0.329 e. The molecule has 0 bridgehead atoms. The van der Waals surface area contributed by atoms with Gasteiger partial charge in [0.1, 0.15) is 5.54 Å². The van der Waals surface area contributed by atoms with Gasteiger partial charge < -0.3 is 15.7 Å². The van der Waals surface area contributed by atoms with Gasteiger partial charge in [0.05, 0.1) is 0 Å². The fraction of sp³-hybridized carbons (Fsp3) is 0.276. The van der Waals surface area contributed by atoms with Gasteiger partial charge in [0.25, 0.3) is 0 Å². The molecule has 3 aromatic carbocycles. The van der Waals surface area contributed by atoms with E-state index >= 15 is 0 Å². The SMILES string of the molecule is O=C(O)C1(Nc2cccc(Cl)c2)CCC2(CC1)C(CCNc1ccccc1)=Cc1ccccc12. The first-order valence-electron chi connectivity index (χ1n) is 11.9. The highest BCUT2D eigenvalue weighted by Gasteiger charge is 2.51. The van der Waals surface area contributed by atoms with Gasteiger partial charge in [0, 0.05) is 28.4 Å². The number of hydrogen-bond donors (Lipinski definition) is 3. The molecule has 34 heavy (non-hydrogen) atoms. The molecule has 0 unspecified atom stereocenters. The van der Waals surface area contributed by atoms with E-state index in [1.165, 1.54) is 16.7 Å². The molecule has 0 amide bonds. The molecule has 4 nitrogen and oxygen atoms in total. The second-order valence-electron chi connectivity index (χ2n) is 9.40. The van der Waals surface area contributed by atoms with Crippen molar-refractivity contribution in [2.45, 2.75) is 43.1 Å². The summed E-state index contributed by atoms with van der Waals surface area (Å²) in [5.41, 5.74) is 4.77. The lowest BCUT2D eigenvalue weighted by atomic mass is 9.62. The number of carboxylic acids is 1. The summed E-state index contributed by atoms with van der Waals surface area (Å²) in [6, 6.07) is 26.2. The van der Waals surface area contributed by atoms with Crippen LogP contribution < -0.4 is 10.6 Å². The van der Waals surface area contributed by atoms with Crippen LogP contribution in [0, 0.1) is 0 Å². The van der Waals surface area contributed by atoms with Crippen LogP contribution in [-0.2, 0) is 10.2 Å². The van der Waals surface area contributed by atoms with E-state index in [4.69, 9.17) is 11.6 Å². The Hall–Kier alpha value is -3.24. The smallest absolute Gasteiger partial charge is 0.329 e. The number of aliphatic carboxylic acids is 1. The highest BCUT2D eigenvalue weighted by Crippen LogP contribution is 2.54.